The van der Waals surface area contributed by atoms with Crippen LogP contribution in [0.2, 0.25) is 5.02 Å². The summed E-state index contributed by atoms with van der Waals surface area (Å²) in [6, 6.07) is 0.277. The number of benzene rings is 1. The Morgan fingerprint density at radius 1 is 1.56 bits per heavy atom. The fourth-order valence-electron chi connectivity index (χ4n) is 1.60. The van der Waals surface area contributed by atoms with E-state index in [4.69, 9.17) is 31.9 Å². The van der Waals surface area contributed by atoms with Crippen LogP contribution in [0.1, 0.15) is 11.6 Å². The summed E-state index contributed by atoms with van der Waals surface area (Å²) in [5.74, 6) is 0.308. The topological polar surface area (TPSA) is 108 Å². The first-order chi connectivity index (χ1) is 8.47. The van der Waals surface area contributed by atoms with Gasteiger partial charge in [-0.2, -0.15) is 0 Å². The van der Waals surface area contributed by atoms with Crippen LogP contribution in [0.5, 0.6) is 11.5 Å². The summed E-state index contributed by atoms with van der Waals surface area (Å²) >= 11 is 5.82. The molecule has 0 aromatic heterocycles. The number of aliphatic hydroxyl groups excluding tert-OH is 1. The van der Waals surface area contributed by atoms with Gasteiger partial charge in [0.25, 0.3) is 5.69 Å². The van der Waals surface area contributed by atoms with E-state index in [1.54, 1.807) is 0 Å². The maximum Gasteiger partial charge on any atom is 0.296 e. The molecule has 0 aliphatic rings. The molecule has 0 aliphatic heterocycles. The van der Waals surface area contributed by atoms with Gasteiger partial charge in [-0.1, -0.05) is 11.6 Å². The number of hydrogen-bond acceptors (Lipinski definition) is 6. The number of aliphatic hydroxyl groups is 1. The molecule has 0 saturated heterocycles. The first-order valence-electron chi connectivity index (χ1n) is 4.93. The van der Waals surface area contributed by atoms with Gasteiger partial charge in [0, 0.05) is 6.07 Å². The van der Waals surface area contributed by atoms with Crippen LogP contribution in [0.3, 0.4) is 0 Å². The summed E-state index contributed by atoms with van der Waals surface area (Å²) in [6.07, 6.45) is 0. The van der Waals surface area contributed by atoms with Crippen LogP contribution in [0.25, 0.3) is 0 Å². The number of nitrogens with two attached hydrogens (primary N) is 1. The Hall–Kier alpha value is -1.57. The fraction of sp³-hybridized carbons (Fsp3) is 0.400. The molecule has 0 amide bonds. The Morgan fingerprint density at radius 2 is 2.17 bits per heavy atom. The van der Waals surface area contributed by atoms with Gasteiger partial charge < -0.3 is 20.3 Å². The lowest BCUT2D eigenvalue weighted by atomic mass is 10.0. The zero-order chi connectivity index (χ0) is 13.9. The molecule has 3 N–H and O–H groups in total. The van der Waals surface area contributed by atoms with Crippen molar-refractivity contribution in [2.75, 3.05) is 20.8 Å². The molecule has 0 heterocycles. The van der Waals surface area contributed by atoms with Crippen molar-refractivity contribution in [3.8, 4) is 11.5 Å². The first kappa shape index (κ1) is 14.5. The van der Waals surface area contributed by atoms with Crippen LogP contribution in [-0.4, -0.2) is 30.9 Å². The zero-order valence-corrected chi connectivity index (χ0v) is 10.6. The normalized spacial score (nSPS) is 12.1. The second kappa shape index (κ2) is 5.85. The summed E-state index contributed by atoms with van der Waals surface area (Å²) < 4.78 is 10.1. The molecule has 1 aromatic carbocycles. The van der Waals surface area contributed by atoms with Crippen LogP contribution in [0, 0.1) is 10.1 Å². The van der Waals surface area contributed by atoms with Gasteiger partial charge in [0.15, 0.2) is 11.5 Å². The smallest absolute Gasteiger partial charge is 0.296 e. The van der Waals surface area contributed by atoms with Crippen molar-refractivity contribution in [1.82, 2.24) is 0 Å². The molecule has 100 valence electrons. The quantitative estimate of drug-likeness (QED) is 0.619. The number of methoxy groups -OCH3 is 2. The molecular formula is C10H13ClN2O5. The average molecular weight is 277 g/mol. The Balaban J connectivity index is 3.66. The van der Waals surface area contributed by atoms with Crippen molar-refractivity contribution in [2.24, 2.45) is 5.73 Å². The molecule has 0 aliphatic carbocycles. The van der Waals surface area contributed by atoms with Gasteiger partial charge in [-0.3, -0.25) is 10.1 Å². The molecule has 7 nitrogen and oxygen atoms in total. The largest absolute Gasteiger partial charge is 0.493 e. The van der Waals surface area contributed by atoms with E-state index in [1.165, 1.54) is 20.3 Å². The molecule has 1 atom stereocenters. The molecule has 0 spiro atoms. The van der Waals surface area contributed by atoms with E-state index in [-0.39, 0.29) is 22.1 Å². The van der Waals surface area contributed by atoms with Gasteiger partial charge in [-0.15, -0.1) is 0 Å². The molecule has 0 fully saturated rings. The Bertz CT molecular complexity index is 466. The maximum absolute atomic E-state index is 11.0. The highest BCUT2D eigenvalue weighted by atomic mass is 35.5. The second-order valence-electron chi connectivity index (χ2n) is 3.40. The molecule has 18 heavy (non-hydrogen) atoms. The number of nitro benzene ring substituents is 1. The van der Waals surface area contributed by atoms with E-state index in [0.29, 0.717) is 0 Å². The lowest BCUT2D eigenvalue weighted by Gasteiger charge is -2.17. The van der Waals surface area contributed by atoms with Crippen LogP contribution in [0.15, 0.2) is 6.07 Å². The number of hydrogen-bond donors (Lipinski definition) is 2. The Kier molecular flexibility index (Phi) is 4.71. The third kappa shape index (κ3) is 2.47. The van der Waals surface area contributed by atoms with Gasteiger partial charge in [0.2, 0.25) is 0 Å². The number of ether oxygens (including phenoxy) is 2. The molecule has 1 rings (SSSR count). The predicted molar refractivity (Wildman–Crippen MR) is 65.2 cm³/mol. The summed E-state index contributed by atoms with van der Waals surface area (Å²) in [6.45, 7) is -0.485. The molecule has 0 bridgehead atoms. The van der Waals surface area contributed by atoms with Gasteiger partial charge in [-0.25, -0.2) is 0 Å². The highest BCUT2D eigenvalue weighted by Gasteiger charge is 2.30. The second-order valence-corrected chi connectivity index (χ2v) is 3.81. The minimum Gasteiger partial charge on any atom is -0.493 e. The Labute approximate surface area is 108 Å². The van der Waals surface area contributed by atoms with Crippen LogP contribution < -0.4 is 15.2 Å². The fourth-order valence-corrected chi connectivity index (χ4v) is 1.87. The summed E-state index contributed by atoms with van der Waals surface area (Å²) in [4.78, 5) is 10.3. The van der Waals surface area contributed by atoms with E-state index < -0.39 is 23.3 Å². The number of nitro groups is 1. The highest BCUT2D eigenvalue weighted by Crippen LogP contribution is 2.44. The van der Waals surface area contributed by atoms with E-state index in [1.807, 2.05) is 0 Å². The number of nitrogens with zero attached hydrogens (tertiary/aromatic N) is 1. The third-order valence-electron chi connectivity index (χ3n) is 2.38. The van der Waals surface area contributed by atoms with Crippen molar-refractivity contribution < 1.29 is 19.5 Å². The van der Waals surface area contributed by atoms with Crippen LogP contribution >= 0.6 is 11.6 Å². The molecule has 0 radical (unpaired) electrons. The summed E-state index contributed by atoms with van der Waals surface area (Å²) in [7, 11) is 2.69. The van der Waals surface area contributed by atoms with E-state index >= 15 is 0 Å². The monoisotopic (exact) mass is 276 g/mol. The van der Waals surface area contributed by atoms with Gasteiger partial charge in [0.1, 0.15) is 5.02 Å². The molecule has 8 heteroatoms. The Morgan fingerprint density at radius 3 is 2.56 bits per heavy atom. The highest BCUT2D eigenvalue weighted by molar-refractivity contribution is 6.33. The van der Waals surface area contributed by atoms with Crippen LogP contribution in [0.4, 0.5) is 5.69 Å². The first-order valence-corrected chi connectivity index (χ1v) is 5.30. The van der Waals surface area contributed by atoms with Crippen molar-refractivity contribution in [2.45, 2.75) is 6.04 Å². The van der Waals surface area contributed by atoms with E-state index in [0.717, 1.165) is 0 Å². The maximum atomic E-state index is 11.0. The zero-order valence-electron chi connectivity index (χ0n) is 9.84. The minimum atomic E-state index is -0.993. The van der Waals surface area contributed by atoms with Gasteiger partial charge in [0.05, 0.1) is 37.4 Å². The predicted octanol–water partition coefficient (Wildman–Crippen LogP) is 1.26. The number of halogens is 1. The van der Waals surface area contributed by atoms with E-state index in [9.17, 15) is 10.1 Å². The van der Waals surface area contributed by atoms with Crippen molar-refractivity contribution in [3.63, 3.8) is 0 Å². The average Bonchev–Trinajstić information content (AvgIpc) is 2.35. The summed E-state index contributed by atoms with van der Waals surface area (Å²) in [5.41, 5.74) is 5.27. The summed E-state index contributed by atoms with van der Waals surface area (Å²) in [5, 5.41) is 20.0. The molecular weight excluding hydrogens is 264 g/mol. The lowest BCUT2D eigenvalue weighted by molar-refractivity contribution is -0.385. The van der Waals surface area contributed by atoms with Crippen molar-refractivity contribution >= 4 is 17.3 Å². The molecule has 1 aromatic rings. The van der Waals surface area contributed by atoms with Crippen LogP contribution in [-0.2, 0) is 0 Å². The van der Waals surface area contributed by atoms with Gasteiger partial charge in [-0.05, 0) is 0 Å². The molecule has 0 saturated carbocycles. The van der Waals surface area contributed by atoms with Crippen molar-refractivity contribution in [3.05, 3.63) is 26.8 Å². The third-order valence-corrected chi connectivity index (χ3v) is 2.67. The standard InChI is InChI=1S/C10H13ClN2O5/c1-17-7-3-5(11)9(13(15)16)8(6(12)4-14)10(7)18-2/h3,6,14H,4,12H2,1-2H3/t6-/m1/s1. The lowest BCUT2D eigenvalue weighted by Crippen LogP contribution is -2.18. The minimum absolute atomic E-state index is 0.00866. The van der Waals surface area contributed by atoms with Crippen molar-refractivity contribution in [1.29, 1.82) is 0 Å². The number of rotatable bonds is 5. The van der Waals surface area contributed by atoms with Gasteiger partial charge >= 0.3 is 0 Å². The molecule has 0 unspecified atom stereocenters. The van der Waals surface area contributed by atoms with E-state index in [2.05, 4.69) is 0 Å². The SMILES string of the molecule is COc1cc(Cl)c([N+](=O)[O-])c([C@H](N)CO)c1OC.